The summed E-state index contributed by atoms with van der Waals surface area (Å²) in [5.41, 5.74) is 1.23. The summed E-state index contributed by atoms with van der Waals surface area (Å²) in [6.07, 6.45) is 0. The standard InChI is InChI=1S/C17H26N6O/c1-13-6-8-15(9-7-13)24-11-10-22(4)17(18-3)19-12-16-21-20-14(2)23(16)5/h6-9H,10-12H2,1-5H3,(H,18,19). The first-order chi connectivity index (χ1) is 11.5. The largest absolute Gasteiger partial charge is 0.492 e. The van der Waals surface area contributed by atoms with Crippen molar-refractivity contribution in [1.82, 2.24) is 25.0 Å². The Morgan fingerprint density at radius 1 is 1.25 bits per heavy atom. The van der Waals surface area contributed by atoms with Crippen molar-refractivity contribution >= 4 is 5.96 Å². The van der Waals surface area contributed by atoms with E-state index in [9.17, 15) is 0 Å². The van der Waals surface area contributed by atoms with Gasteiger partial charge in [-0.3, -0.25) is 4.99 Å². The van der Waals surface area contributed by atoms with Crippen LogP contribution in [0.25, 0.3) is 0 Å². The zero-order valence-corrected chi connectivity index (χ0v) is 15.1. The molecule has 0 aliphatic heterocycles. The van der Waals surface area contributed by atoms with E-state index in [1.165, 1.54) is 5.56 Å². The number of nitrogens with zero attached hydrogens (tertiary/aromatic N) is 5. The summed E-state index contributed by atoms with van der Waals surface area (Å²) in [6.45, 7) is 5.88. The first kappa shape index (κ1) is 17.8. The lowest BCUT2D eigenvalue weighted by molar-refractivity contribution is 0.281. The number of guanidine groups is 1. The van der Waals surface area contributed by atoms with Gasteiger partial charge in [-0.1, -0.05) is 17.7 Å². The Bertz CT molecular complexity index is 677. The number of rotatable bonds is 6. The van der Waals surface area contributed by atoms with E-state index in [1.54, 1.807) is 7.05 Å². The van der Waals surface area contributed by atoms with Crippen molar-refractivity contribution in [3.05, 3.63) is 41.5 Å². The molecule has 0 bridgehead atoms. The van der Waals surface area contributed by atoms with E-state index in [2.05, 4.69) is 27.4 Å². The summed E-state index contributed by atoms with van der Waals surface area (Å²) in [4.78, 5) is 6.32. The predicted octanol–water partition coefficient (Wildman–Crippen LogP) is 1.52. The molecule has 2 rings (SSSR count). The number of aliphatic imine (C=N–C) groups is 1. The fourth-order valence-corrected chi connectivity index (χ4v) is 2.19. The Kier molecular flexibility index (Phi) is 6.17. The second-order valence-corrected chi connectivity index (χ2v) is 5.71. The summed E-state index contributed by atoms with van der Waals surface area (Å²) >= 11 is 0. The SMILES string of the molecule is CN=C(NCc1nnc(C)n1C)N(C)CCOc1ccc(C)cc1. The van der Waals surface area contributed by atoms with Gasteiger partial charge in [-0.2, -0.15) is 0 Å². The van der Waals surface area contributed by atoms with Crippen LogP contribution in [0.3, 0.4) is 0 Å². The zero-order chi connectivity index (χ0) is 17.5. The van der Waals surface area contributed by atoms with Crippen molar-refractivity contribution in [2.75, 3.05) is 27.2 Å². The van der Waals surface area contributed by atoms with Crippen LogP contribution in [0.2, 0.25) is 0 Å². The molecule has 0 atom stereocenters. The molecule has 0 radical (unpaired) electrons. The van der Waals surface area contributed by atoms with Crippen LogP contribution >= 0.6 is 0 Å². The van der Waals surface area contributed by atoms with Crippen LogP contribution in [0, 0.1) is 13.8 Å². The van der Waals surface area contributed by atoms with Gasteiger partial charge in [-0.05, 0) is 26.0 Å². The number of likely N-dealkylation sites (N-methyl/N-ethyl adjacent to an activating group) is 1. The molecule has 2 aromatic rings. The number of hydrogen-bond acceptors (Lipinski definition) is 4. The van der Waals surface area contributed by atoms with Gasteiger partial charge >= 0.3 is 0 Å². The molecule has 0 aliphatic carbocycles. The summed E-state index contributed by atoms with van der Waals surface area (Å²) < 4.78 is 7.72. The molecule has 0 saturated carbocycles. The lowest BCUT2D eigenvalue weighted by Crippen LogP contribution is -2.40. The lowest BCUT2D eigenvalue weighted by atomic mass is 10.2. The van der Waals surface area contributed by atoms with Gasteiger partial charge in [0.15, 0.2) is 11.8 Å². The molecule has 0 amide bonds. The fraction of sp³-hybridized carbons (Fsp3) is 0.471. The molecule has 1 heterocycles. The Labute approximate surface area is 143 Å². The Morgan fingerprint density at radius 2 is 1.96 bits per heavy atom. The van der Waals surface area contributed by atoms with Crippen LogP contribution in [0.5, 0.6) is 5.75 Å². The molecule has 130 valence electrons. The molecule has 0 spiro atoms. The summed E-state index contributed by atoms with van der Waals surface area (Å²) in [7, 11) is 5.70. The van der Waals surface area contributed by atoms with E-state index in [4.69, 9.17) is 4.74 Å². The van der Waals surface area contributed by atoms with Gasteiger partial charge in [0.2, 0.25) is 0 Å². The average molecular weight is 330 g/mol. The first-order valence-corrected chi connectivity index (χ1v) is 7.97. The van der Waals surface area contributed by atoms with E-state index < -0.39 is 0 Å². The highest BCUT2D eigenvalue weighted by molar-refractivity contribution is 5.79. The molecule has 24 heavy (non-hydrogen) atoms. The van der Waals surface area contributed by atoms with E-state index in [0.29, 0.717) is 13.2 Å². The molecular formula is C17H26N6O. The lowest BCUT2D eigenvalue weighted by Gasteiger charge is -2.22. The fourth-order valence-electron chi connectivity index (χ4n) is 2.19. The third-order valence-electron chi connectivity index (χ3n) is 3.88. The van der Waals surface area contributed by atoms with Gasteiger partial charge in [0.25, 0.3) is 0 Å². The third kappa shape index (κ3) is 4.71. The number of aryl methyl sites for hydroxylation is 2. The van der Waals surface area contributed by atoms with E-state index in [1.807, 2.05) is 54.8 Å². The topological polar surface area (TPSA) is 67.6 Å². The molecule has 0 fully saturated rings. The van der Waals surface area contributed by atoms with Crippen molar-refractivity contribution in [1.29, 1.82) is 0 Å². The van der Waals surface area contributed by atoms with Gasteiger partial charge in [-0.25, -0.2) is 0 Å². The number of benzene rings is 1. The predicted molar refractivity (Wildman–Crippen MR) is 95.2 cm³/mol. The molecular weight excluding hydrogens is 304 g/mol. The maximum atomic E-state index is 5.76. The molecule has 0 aliphatic rings. The first-order valence-electron chi connectivity index (χ1n) is 7.97. The molecule has 7 nitrogen and oxygen atoms in total. The second kappa shape index (κ2) is 8.33. The smallest absolute Gasteiger partial charge is 0.193 e. The van der Waals surface area contributed by atoms with E-state index in [-0.39, 0.29) is 0 Å². The maximum absolute atomic E-state index is 5.76. The van der Waals surface area contributed by atoms with Crippen molar-refractivity contribution in [2.45, 2.75) is 20.4 Å². The van der Waals surface area contributed by atoms with Gasteiger partial charge in [0.05, 0.1) is 13.1 Å². The molecule has 7 heteroatoms. The summed E-state index contributed by atoms with van der Waals surface area (Å²) in [6, 6.07) is 8.06. The van der Waals surface area contributed by atoms with Crippen molar-refractivity contribution in [3.63, 3.8) is 0 Å². The highest BCUT2D eigenvalue weighted by Crippen LogP contribution is 2.11. The van der Waals surface area contributed by atoms with Crippen LogP contribution in [0.1, 0.15) is 17.2 Å². The number of hydrogen-bond donors (Lipinski definition) is 1. The van der Waals surface area contributed by atoms with E-state index in [0.717, 1.165) is 29.9 Å². The number of ether oxygens (including phenoxy) is 1. The van der Waals surface area contributed by atoms with Gasteiger partial charge in [0.1, 0.15) is 18.2 Å². The average Bonchev–Trinajstić information content (AvgIpc) is 2.89. The molecule has 0 saturated heterocycles. The second-order valence-electron chi connectivity index (χ2n) is 5.71. The summed E-state index contributed by atoms with van der Waals surface area (Å²) in [5.74, 6) is 3.44. The van der Waals surface area contributed by atoms with E-state index >= 15 is 0 Å². The Balaban J connectivity index is 1.79. The Hall–Kier alpha value is -2.57. The van der Waals surface area contributed by atoms with Crippen molar-refractivity contribution in [2.24, 2.45) is 12.0 Å². The molecule has 1 N–H and O–H groups in total. The number of nitrogens with one attached hydrogen (secondary N) is 1. The van der Waals surface area contributed by atoms with Gasteiger partial charge in [-0.15, -0.1) is 10.2 Å². The van der Waals surface area contributed by atoms with Gasteiger partial charge < -0.3 is 19.5 Å². The van der Waals surface area contributed by atoms with Crippen LogP contribution in [-0.4, -0.2) is 52.9 Å². The van der Waals surface area contributed by atoms with Crippen LogP contribution in [-0.2, 0) is 13.6 Å². The number of aromatic nitrogens is 3. The van der Waals surface area contributed by atoms with Crippen LogP contribution < -0.4 is 10.1 Å². The van der Waals surface area contributed by atoms with Crippen molar-refractivity contribution < 1.29 is 4.74 Å². The highest BCUT2D eigenvalue weighted by Gasteiger charge is 2.09. The minimum Gasteiger partial charge on any atom is -0.492 e. The normalized spacial score (nSPS) is 11.5. The zero-order valence-electron chi connectivity index (χ0n) is 15.1. The van der Waals surface area contributed by atoms with Crippen LogP contribution in [0.4, 0.5) is 0 Å². The summed E-state index contributed by atoms with van der Waals surface area (Å²) in [5, 5.41) is 11.5. The van der Waals surface area contributed by atoms with Gasteiger partial charge in [0, 0.05) is 21.1 Å². The highest BCUT2D eigenvalue weighted by atomic mass is 16.5. The maximum Gasteiger partial charge on any atom is 0.193 e. The molecule has 1 aromatic carbocycles. The molecule has 1 aromatic heterocycles. The third-order valence-corrected chi connectivity index (χ3v) is 3.88. The minimum absolute atomic E-state index is 0.577. The van der Waals surface area contributed by atoms with Crippen LogP contribution in [0.15, 0.2) is 29.3 Å². The van der Waals surface area contributed by atoms with Crippen molar-refractivity contribution in [3.8, 4) is 5.75 Å². The minimum atomic E-state index is 0.577. The monoisotopic (exact) mass is 330 g/mol. The molecule has 0 unspecified atom stereocenters. The Morgan fingerprint density at radius 3 is 2.54 bits per heavy atom. The quantitative estimate of drug-likeness (QED) is 0.642.